The summed E-state index contributed by atoms with van der Waals surface area (Å²) in [7, 11) is 0. The minimum Gasteiger partial charge on any atom is -0.339 e. The second-order valence-electron chi connectivity index (χ2n) is 4.49. The Kier molecular flexibility index (Phi) is 2.96. The molecule has 90 valence electrons. The predicted octanol–water partition coefficient (Wildman–Crippen LogP) is 4.76. The Morgan fingerprint density at radius 2 is 1.61 bits per heavy atom. The van der Waals surface area contributed by atoms with Crippen molar-refractivity contribution in [1.82, 2.24) is 4.57 Å². The van der Waals surface area contributed by atoms with Crippen LogP contribution in [-0.2, 0) is 6.54 Å². The Bertz CT molecular complexity index is 683. The smallest absolute Gasteiger partial charge is 0.0497 e. The van der Waals surface area contributed by atoms with Gasteiger partial charge in [-0.05, 0) is 34.5 Å². The molecule has 1 aromatic heterocycles. The van der Waals surface area contributed by atoms with Crippen molar-refractivity contribution in [1.29, 1.82) is 0 Å². The van der Waals surface area contributed by atoms with Gasteiger partial charge in [-0.2, -0.15) is 0 Å². The van der Waals surface area contributed by atoms with Crippen LogP contribution in [0.3, 0.4) is 0 Å². The van der Waals surface area contributed by atoms with E-state index in [0.29, 0.717) is 0 Å². The molecule has 18 heavy (non-hydrogen) atoms. The summed E-state index contributed by atoms with van der Waals surface area (Å²) in [4.78, 5) is 0. The van der Waals surface area contributed by atoms with Gasteiger partial charge in [-0.25, -0.2) is 0 Å². The Hall–Kier alpha value is -1.54. The van der Waals surface area contributed by atoms with Gasteiger partial charge in [0.15, 0.2) is 0 Å². The SMILES string of the molecule is Cc1c(Br)c2ccccc2n1Cc1ccccc1. The van der Waals surface area contributed by atoms with Crippen LogP contribution < -0.4 is 0 Å². The highest BCUT2D eigenvalue weighted by Crippen LogP contribution is 2.30. The molecule has 0 aliphatic carbocycles. The Labute approximate surface area is 115 Å². The minimum absolute atomic E-state index is 0.915. The van der Waals surface area contributed by atoms with Crippen LogP contribution >= 0.6 is 15.9 Å². The number of fused-ring (bicyclic) bond motifs is 1. The van der Waals surface area contributed by atoms with Crippen LogP contribution in [0.5, 0.6) is 0 Å². The Morgan fingerprint density at radius 3 is 2.39 bits per heavy atom. The molecule has 0 fully saturated rings. The molecule has 0 radical (unpaired) electrons. The molecule has 2 aromatic carbocycles. The second kappa shape index (κ2) is 4.62. The van der Waals surface area contributed by atoms with Gasteiger partial charge in [0, 0.05) is 27.6 Å². The molecule has 0 N–H and O–H groups in total. The average Bonchev–Trinajstić information content (AvgIpc) is 2.66. The van der Waals surface area contributed by atoms with Crippen LogP contribution in [0.2, 0.25) is 0 Å². The van der Waals surface area contributed by atoms with E-state index >= 15 is 0 Å². The molecule has 0 spiro atoms. The van der Waals surface area contributed by atoms with E-state index in [0.717, 1.165) is 6.54 Å². The monoisotopic (exact) mass is 299 g/mol. The van der Waals surface area contributed by atoms with Gasteiger partial charge >= 0.3 is 0 Å². The lowest BCUT2D eigenvalue weighted by Crippen LogP contribution is -2.01. The average molecular weight is 300 g/mol. The zero-order valence-corrected chi connectivity index (χ0v) is 11.8. The molecule has 0 saturated heterocycles. The van der Waals surface area contributed by atoms with E-state index in [1.54, 1.807) is 0 Å². The summed E-state index contributed by atoms with van der Waals surface area (Å²) in [5.41, 5.74) is 3.89. The number of benzene rings is 2. The van der Waals surface area contributed by atoms with Crippen molar-refractivity contribution >= 4 is 26.8 Å². The molecule has 1 nitrogen and oxygen atoms in total. The van der Waals surface area contributed by atoms with Crippen molar-refractivity contribution in [2.45, 2.75) is 13.5 Å². The maximum Gasteiger partial charge on any atom is 0.0497 e. The topological polar surface area (TPSA) is 4.93 Å². The third-order valence-corrected chi connectivity index (χ3v) is 4.34. The van der Waals surface area contributed by atoms with E-state index in [2.05, 4.69) is 82.0 Å². The summed E-state index contributed by atoms with van der Waals surface area (Å²) in [5, 5.41) is 1.28. The third-order valence-electron chi connectivity index (χ3n) is 3.34. The molecule has 0 saturated carbocycles. The number of hydrogen-bond donors (Lipinski definition) is 0. The predicted molar refractivity (Wildman–Crippen MR) is 79.9 cm³/mol. The van der Waals surface area contributed by atoms with Gasteiger partial charge in [-0.3, -0.25) is 0 Å². The number of aromatic nitrogens is 1. The highest BCUT2D eigenvalue weighted by Gasteiger charge is 2.11. The quantitative estimate of drug-likeness (QED) is 0.643. The fourth-order valence-electron chi connectivity index (χ4n) is 2.36. The fourth-order valence-corrected chi connectivity index (χ4v) is 2.91. The number of para-hydroxylation sites is 1. The molecule has 0 aliphatic heterocycles. The zero-order valence-electron chi connectivity index (χ0n) is 10.2. The van der Waals surface area contributed by atoms with Gasteiger partial charge in [0.1, 0.15) is 0 Å². The molecule has 0 bridgehead atoms. The summed E-state index contributed by atoms with van der Waals surface area (Å²) >= 11 is 3.69. The molecule has 0 atom stereocenters. The van der Waals surface area contributed by atoms with Crippen molar-refractivity contribution in [2.24, 2.45) is 0 Å². The first-order valence-corrected chi connectivity index (χ1v) is 6.84. The van der Waals surface area contributed by atoms with Crippen LogP contribution in [0.4, 0.5) is 0 Å². The summed E-state index contributed by atoms with van der Waals surface area (Å²) in [6.07, 6.45) is 0. The van der Waals surface area contributed by atoms with Crippen molar-refractivity contribution in [3.8, 4) is 0 Å². The van der Waals surface area contributed by atoms with E-state index in [9.17, 15) is 0 Å². The van der Waals surface area contributed by atoms with E-state index in [-0.39, 0.29) is 0 Å². The largest absolute Gasteiger partial charge is 0.339 e. The van der Waals surface area contributed by atoms with E-state index in [4.69, 9.17) is 0 Å². The lowest BCUT2D eigenvalue weighted by atomic mass is 10.2. The van der Waals surface area contributed by atoms with Gasteiger partial charge in [-0.15, -0.1) is 0 Å². The van der Waals surface area contributed by atoms with Gasteiger partial charge < -0.3 is 4.57 Å². The first-order valence-electron chi connectivity index (χ1n) is 6.04. The first kappa shape index (κ1) is 11.5. The summed E-state index contributed by atoms with van der Waals surface area (Å²) in [6.45, 7) is 3.08. The van der Waals surface area contributed by atoms with Crippen molar-refractivity contribution in [3.05, 3.63) is 70.3 Å². The minimum atomic E-state index is 0.915. The van der Waals surface area contributed by atoms with E-state index in [1.807, 2.05) is 0 Å². The van der Waals surface area contributed by atoms with E-state index in [1.165, 1.54) is 26.6 Å². The van der Waals surface area contributed by atoms with Gasteiger partial charge in [-0.1, -0.05) is 48.5 Å². The van der Waals surface area contributed by atoms with Crippen LogP contribution in [0.15, 0.2) is 59.1 Å². The highest BCUT2D eigenvalue weighted by atomic mass is 79.9. The normalized spacial score (nSPS) is 11.0. The van der Waals surface area contributed by atoms with Crippen molar-refractivity contribution < 1.29 is 0 Å². The lowest BCUT2D eigenvalue weighted by molar-refractivity contribution is 0.802. The van der Waals surface area contributed by atoms with Gasteiger partial charge in [0.25, 0.3) is 0 Å². The summed E-state index contributed by atoms with van der Waals surface area (Å²) in [5.74, 6) is 0. The number of nitrogens with zero attached hydrogens (tertiary/aromatic N) is 1. The summed E-state index contributed by atoms with van der Waals surface area (Å²) in [6, 6.07) is 19.1. The van der Waals surface area contributed by atoms with Crippen molar-refractivity contribution in [2.75, 3.05) is 0 Å². The maximum atomic E-state index is 3.69. The molecule has 2 heteroatoms. The molecule has 1 heterocycles. The molecular formula is C16H14BrN. The van der Waals surface area contributed by atoms with Gasteiger partial charge in [0.05, 0.1) is 0 Å². The molecule has 3 rings (SSSR count). The number of hydrogen-bond acceptors (Lipinski definition) is 0. The number of rotatable bonds is 2. The Morgan fingerprint density at radius 1 is 0.944 bits per heavy atom. The fraction of sp³-hybridized carbons (Fsp3) is 0.125. The van der Waals surface area contributed by atoms with Crippen LogP contribution in [0, 0.1) is 6.92 Å². The molecule has 3 aromatic rings. The standard InChI is InChI=1S/C16H14BrN/c1-12-16(17)14-9-5-6-10-15(14)18(12)11-13-7-3-2-4-8-13/h2-10H,11H2,1H3. The van der Waals surface area contributed by atoms with Crippen LogP contribution in [-0.4, -0.2) is 4.57 Å². The third kappa shape index (κ3) is 1.87. The zero-order chi connectivity index (χ0) is 12.5. The molecule has 0 unspecified atom stereocenters. The highest BCUT2D eigenvalue weighted by molar-refractivity contribution is 9.10. The van der Waals surface area contributed by atoms with Crippen molar-refractivity contribution in [3.63, 3.8) is 0 Å². The molecule has 0 amide bonds. The summed E-state index contributed by atoms with van der Waals surface area (Å²) < 4.78 is 3.56. The van der Waals surface area contributed by atoms with Gasteiger partial charge in [0.2, 0.25) is 0 Å². The Balaban J connectivity index is 2.15. The molecular weight excluding hydrogens is 286 g/mol. The lowest BCUT2D eigenvalue weighted by Gasteiger charge is -2.08. The van der Waals surface area contributed by atoms with Crippen LogP contribution in [0.25, 0.3) is 10.9 Å². The second-order valence-corrected chi connectivity index (χ2v) is 5.28. The van der Waals surface area contributed by atoms with Crippen LogP contribution in [0.1, 0.15) is 11.3 Å². The molecule has 0 aliphatic rings. The van der Waals surface area contributed by atoms with E-state index < -0.39 is 0 Å². The first-order chi connectivity index (χ1) is 8.77. The maximum absolute atomic E-state index is 3.69. The number of halogens is 1.